The van der Waals surface area contributed by atoms with Gasteiger partial charge in [-0.05, 0) is 19.8 Å². The molecule has 1 atom stereocenters. The molecule has 104 valence electrons. The number of rotatable bonds is 2. The quantitative estimate of drug-likeness (QED) is 0.864. The number of aromatic nitrogens is 1. The first-order valence-electron chi connectivity index (χ1n) is 6.40. The van der Waals surface area contributed by atoms with Gasteiger partial charge in [0, 0.05) is 27.1 Å². The maximum atomic E-state index is 12.3. The van der Waals surface area contributed by atoms with Crippen molar-refractivity contribution in [3.63, 3.8) is 0 Å². The average Bonchev–Trinajstić information content (AvgIpc) is 2.83. The van der Waals surface area contributed by atoms with Gasteiger partial charge in [0.25, 0.3) is 5.91 Å². The van der Waals surface area contributed by atoms with Gasteiger partial charge in [0.05, 0.1) is 5.41 Å². The van der Waals surface area contributed by atoms with Crippen molar-refractivity contribution in [1.29, 1.82) is 0 Å². The van der Waals surface area contributed by atoms with E-state index in [9.17, 15) is 9.59 Å². The number of piperidine rings is 1. The van der Waals surface area contributed by atoms with E-state index >= 15 is 0 Å². The number of nitrogens with one attached hydrogen (secondary N) is 1. The fraction of sp³-hybridized carbons (Fsp3) is 0.615. The third-order valence-corrected chi connectivity index (χ3v) is 3.60. The molecule has 1 saturated heterocycles. The summed E-state index contributed by atoms with van der Waals surface area (Å²) in [5.41, 5.74) is -0.222. The van der Waals surface area contributed by atoms with Crippen LogP contribution < -0.4 is 5.32 Å². The van der Waals surface area contributed by atoms with Crippen LogP contribution in [0.2, 0.25) is 0 Å². The van der Waals surface area contributed by atoms with Crippen molar-refractivity contribution in [2.75, 3.05) is 20.1 Å². The van der Waals surface area contributed by atoms with Gasteiger partial charge in [0.2, 0.25) is 5.91 Å². The summed E-state index contributed by atoms with van der Waals surface area (Å²) in [4.78, 5) is 29.9. The minimum Gasteiger partial charge on any atom is -0.448 e. The predicted molar refractivity (Wildman–Crippen MR) is 68.6 cm³/mol. The van der Waals surface area contributed by atoms with Crippen LogP contribution in [0.4, 0.5) is 0 Å². The number of amides is 2. The second-order valence-corrected chi connectivity index (χ2v) is 5.22. The lowest BCUT2D eigenvalue weighted by atomic mass is 9.81. The van der Waals surface area contributed by atoms with Crippen LogP contribution in [0.15, 0.2) is 10.7 Å². The first-order chi connectivity index (χ1) is 8.96. The van der Waals surface area contributed by atoms with Crippen molar-refractivity contribution in [3.8, 4) is 0 Å². The molecule has 1 aromatic rings. The summed E-state index contributed by atoms with van der Waals surface area (Å²) in [7, 11) is 1.62. The summed E-state index contributed by atoms with van der Waals surface area (Å²) in [5.74, 6) is 0.266. The van der Waals surface area contributed by atoms with Gasteiger partial charge in [-0.2, -0.15) is 0 Å². The third kappa shape index (κ3) is 2.62. The topological polar surface area (TPSA) is 75.4 Å². The summed E-state index contributed by atoms with van der Waals surface area (Å²) in [6.07, 6.45) is 2.96. The average molecular weight is 265 g/mol. The van der Waals surface area contributed by atoms with Crippen molar-refractivity contribution >= 4 is 11.8 Å². The highest BCUT2D eigenvalue weighted by Crippen LogP contribution is 2.30. The number of nitrogens with zero attached hydrogens (tertiary/aromatic N) is 2. The van der Waals surface area contributed by atoms with Crippen LogP contribution in [0.5, 0.6) is 0 Å². The van der Waals surface area contributed by atoms with Gasteiger partial charge in [-0.3, -0.25) is 9.59 Å². The van der Waals surface area contributed by atoms with E-state index in [-0.39, 0.29) is 11.8 Å². The molecule has 2 amide bonds. The van der Waals surface area contributed by atoms with Crippen LogP contribution in [0.1, 0.15) is 36.1 Å². The van der Waals surface area contributed by atoms with Crippen LogP contribution in [-0.4, -0.2) is 41.8 Å². The largest absolute Gasteiger partial charge is 0.448 e. The molecular formula is C13H19N3O3. The highest BCUT2D eigenvalue weighted by Gasteiger charge is 2.39. The molecular weight excluding hydrogens is 246 g/mol. The number of hydrogen-bond acceptors (Lipinski definition) is 4. The summed E-state index contributed by atoms with van der Waals surface area (Å²) < 4.78 is 5.06. The van der Waals surface area contributed by atoms with Gasteiger partial charge in [-0.15, -0.1) is 0 Å². The molecule has 19 heavy (non-hydrogen) atoms. The minimum atomic E-state index is -0.526. The molecule has 0 saturated carbocycles. The van der Waals surface area contributed by atoms with Gasteiger partial charge >= 0.3 is 0 Å². The van der Waals surface area contributed by atoms with Crippen molar-refractivity contribution in [3.05, 3.63) is 17.8 Å². The van der Waals surface area contributed by atoms with Crippen molar-refractivity contribution in [2.24, 2.45) is 5.41 Å². The Labute approximate surface area is 112 Å². The zero-order valence-electron chi connectivity index (χ0n) is 11.5. The SMILES string of the molecule is CNC(=O)[C@@]1(C)CCCN(C(=O)c2coc(C)n2)C1. The van der Waals surface area contributed by atoms with Gasteiger partial charge in [0.1, 0.15) is 6.26 Å². The second-order valence-electron chi connectivity index (χ2n) is 5.22. The lowest BCUT2D eigenvalue weighted by Gasteiger charge is -2.38. The first-order valence-corrected chi connectivity index (χ1v) is 6.40. The zero-order valence-corrected chi connectivity index (χ0v) is 11.5. The number of carbonyl (C=O) groups excluding carboxylic acids is 2. The number of aryl methyl sites for hydroxylation is 1. The van der Waals surface area contributed by atoms with E-state index in [1.54, 1.807) is 18.9 Å². The van der Waals surface area contributed by atoms with Crippen molar-refractivity contribution < 1.29 is 14.0 Å². The predicted octanol–water partition coefficient (Wildman–Crippen LogP) is 0.971. The molecule has 6 nitrogen and oxygen atoms in total. The van der Waals surface area contributed by atoms with E-state index < -0.39 is 5.41 Å². The summed E-state index contributed by atoms with van der Waals surface area (Å²) >= 11 is 0. The lowest BCUT2D eigenvalue weighted by Crippen LogP contribution is -2.51. The van der Waals surface area contributed by atoms with Crippen LogP contribution in [0, 0.1) is 12.3 Å². The van der Waals surface area contributed by atoms with Crippen LogP contribution in [-0.2, 0) is 4.79 Å². The number of likely N-dealkylation sites (tertiary alicyclic amines) is 1. The Morgan fingerprint density at radius 3 is 2.84 bits per heavy atom. The van der Waals surface area contributed by atoms with E-state index in [1.807, 2.05) is 6.92 Å². The Bertz CT molecular complexity index is 497. The standard InChI is InChI=1S/C13H19N3O3/c1-9-15-10(7-19-9)11(17)16-6-4-5-13(2,8-16)12(18)14-3/h7H,4-6,8H2,1-3H3,(H,14,18)/t13-/m0/s1. The zero-order chi connectivity index (χ0) is 14.0. The highest BCUT2D eigenvalue weighted by atomic mass is 16.3. The molecule has 1 fully saturated rings. The maximum Gasteiger partial charge on any atom is 0.275 e. The highest BCUT2D eigenvalue weighted by molar-refractivity contribution is 5.93. The normalized spacial score (nSPS) is 23.2. The lowest BCUT2D eigenvalue weighted by molar-refractivity contribution is -0.132. The Balaban J connectivity index is 2.13. The molecule has 0 radical (unpaired) electrons. The summed E-state index contributed by atoms with van der Waals surface area (Å²) in [6.45, 7) is 4.65. The van der Waals surface area contributed by atoms with E-state index in [2.05, 4.69) is 10.3 Å². The fourth-order valence-electron chi connectivity index (χ4n) is 2.52. The maximum absolute atomic E-state index is 12.3. The molecule has 0 aromatic carbocycles. The molecule has 2 rings (SSSR count). The van der Waals surface area contributed by atoms with Gasteiger partial charge in [-0.25, -0.2) is 4.98 Å². The number of hydrogen-bond donors (Lipinski definition) is 1. The van der Waals surface area contributed by atoms with E-state index in [4.69, 9.17) is 4.42 Å². The minimum absolute atomic E-state index is 0.0265. The van der Waals surface area contributed by atoms with Crippen molar-refractivity contribution in [1.82, 2.24) is 15.2 Å². The molecule has 0 spiro atoms. The molecule has 0 aliphatic carbocycles. The molecule has 1 aliphatic heterocycles. The molecule has 1 aliphatic rings. The van der Waals surface area contributed by atoms with Crippen LogP contribution in [0.3, 0.4) is 0 Å². The van der Waals surface area contributed by atoms with Crippen molar-refractivity contribution in [2.45, 2.75) is 26.7 Å². The smallest absolute Gasteiger partial charge is 0.275 e. The number of oxazole rings is 1. The Kier molecular flexibility index (Phi) is 3.59. The monoisotopic (exact) mass is 265 g/mol. The van der Waals surface area contributed by atoms with Gasteiger partial charge in [-0.1, -0.05) is 0 Å². The van der Waals surface area contributed by atoms with E-state index in [0.717, 1.165) is 12.8 Å². The molecule has 1 aromatic heterocycles. The Hall–Kier alpha value is -1.85. The van der Waals surface area contributed by atoms with E-state index in [0.29, 0.717) is 24.7 Å². The molecule has 0 bridgehead atoms. The van der Waals surface area contributed by atoms with E-state index in [1.165, 1.54) is 6.26 Å². The Morgan fingerprint density at radius 2 is 2.26 bits per heavy atom. The third-order valence-electron chi connectivity index (χ3n) is 3.60. The van der Waals surface area contributed by atoms with Crippen LogP contribution >= 0.6 is 0 Å². The molecule has 1 N–H and O–H groups in total. The molecule has 0 unspecified atom stereocenters. The number of carbonyl (C=O) groups is 2. The van der Waals surface area contributed by atoms with Gasteiger partial charge < -0.3 is 14.6 Å². The molecule has 6 heteroatoms. The summed E-state index contributed by atoms with van der Waals surface area (Å²) in [5, 5.41) is 2.67. The van der Waals surface area contributed by atoms with Crippen LogP contribution in [0.25, 0.3) is 0 Å². The van der Waals surface area contributed by atoms with Gasteiger partial charge in [0.15, 0.2) is 11.6 Å². The fourth-order valence-corrected chi connectivity index (χ4v) is 2.52. The summed E-state index contributed by atoms with van der Waals surface area (Å²) in [6, 6.07) is 0. The first kappa shape index (κ1) is 13.6. The molecule has 2 heterocycles. The Morgan fingerprint density at radius 1 is 1.53 bits per heavy atom. The second kappa shape index (κ2) is 5.03.